The number of rotatable bonds is 3. The molecule has 1 aliphatic rings. The highest BCUT2D eigenvalue weighted by Gasteiger charge is 2.22. The lowest BCUT2D eigenvalue weighted by molar-refractivity contribution is 0.157. The van der Waals surface area contributed by atoms with Crippen LogP contribution in [0.1, 0.15) is 16.8 Å². The van der Waals surface area contributed by atoms with E-state index in [4.69, 9.17) is 4.74 Å². The molecule has 1 aromatic heterocycles. The lowest BCUT2D eigenvalue weighted by atomic mass is 10.0. The molecular weight excluding hydrogens is 283 g/mol. The van der Waals surface area contributed by atoms with Gasteiger partial charge in [0.1, 0.15) is 12.4 Å². The monoisotopic (exact) mass is 300 g/mol. The fraction of sp³-hybridized carbons (Fsp3) is 0.294. The van der Waals surface area contributed by atoms with Crippen LogP contribution in [0, 0.1) is 19.7 Å². The maximum absolute atomic E-state index is 13.4. The molecule has 0 aliphatic carbocycles. The van der Waals surface area contributed by atoms with E-state index in [0.717, 1.165) is 22.4 Å². The molecule has 1 fully saturated rings. The summed E-state index contributed by atoms with van der Waals surface area (Å²) in [6.45, 7) is 5.16. The topological polar surface area (TPSA) is 42.4 Å². The number of aromatic nitrogens is 1. The molecule has 114 valence electrons. The molecule has 1 saturated heterocycles. The Hall–Kier alpha value is -2.43. The van der Waals surface area contributed by atoms with Crippen molar-refractivity contribution >= 4 is 6.09 Å². The van der Waals surface area contributed by atoms with Crippen molar-refractivity contribution in [3.63, 3.8) is 0 Å². The normalized spacial score (nSPS) is 14.3. The number of benzene rings is 1. The molecule has 2 heterocycles. The number of nitrogens with zero attached hydrogens (tertiary/aromatic N) is 2. The SMILES string of the molecule is Cc1cc(-c2cnc(C)c(CN3CCOC3=O)c2)ccc1F. The Labute approximate surface area is 128 Å². The number of halogens is 1. The number of aryl methyl sites for hydroxylation is 2. The number of cyclic esters (lactones) is 1. The highest BCUT2D eigenvalue weighted by Crippen LogP contribution is 2.24. The number of hydrogen-bond donors (Lipinski definition) is 0. The predicted molar refractivity (Wildman–Crippen MR) is 80.9 cm³/mol. The van der Waals surface area contributed by atoms with Crippen molar-refractivity contribution in [3.05, 3.63) is 53.1 Å². The predicted octanol–water partition coefficient (Wildman–Crippen LogP) is 3.46. The fourth-order valence-corrected chi connectivity index (χ4v) is 2.50. The largest absolute Gasteiger partial charge is 0.448 e. The summed E-state index contributed by atoms with van der Waals surface area (Å²) in [5.74, 6) is -0.219. The number of ether oxygens (including phenoxy) is 1. The molecule has 22 heavy (non-hydrogen) atoms. The summed E-state index contributed by atoms with van der Waals surface area (Å²) in [4.78, 5) is 17.6. The van der Waals surface area contributed by atoms with Gasteiger partial charge in [-0.3, -0.25) is 4.98 Å². The average molecular weight is 300 g/mol. The van der Waals surface area contributed by atoms with Crippen LogP contribution >= 0.6 is 0 Å². The third-order valence-corrected chi connectivity index (χ3v) is 3.89. The molecule has 0 atom stereocenters. The molecule has 0 spiro atoms. The Balaban J connectivity index is 1.91. The first-order valence-electron chi connectivity index (χ1n) is 7.18. The number of pyridine rings is 1. The summed E-state index contributed by atoms with van der Waals surface area (Å²) in [6, 6.07) is 7.00. The minimum atomic E-state index is -0.289. The summed E-state index contributed by atoms with van der Waals surface area (Å²) < 4.78 is 18.3. The Morgan fingerprint density at radius 2 is 2.09 bits per heavy atom. The van der Waals surface area contributed by atoms with E-state index < -0.39 is 0 Å². The second-order valence-electron chi connectivity index (χ2n) is 5.47. The van der Waals surface area contributed by atoms with Gasteiger partial charge >= 0.3 is 6.09 Å². The summed E-state index contributed by atoms with van der Waals surface area (Å²) in [6.07, 6.45) is 1.48. The molecule has 4 nitrogen and oxygen atoms in total. The van der Waals surface area contributed by atoms with Crippen molar-refractivity contribution in [1.82, 2.24) is 9.88 Å². The molecule has 5 heteroatoms. The Kier molecular flexibility index (Phi) is 3.79. The lowest BCUT2D eigenvalue weighted by Gasteiger charge is -2.15. The van der Waals surface area contributed by atoms with Gasteiger partial charge in [-0.05, 0) is 48.7 Å². The van der Waals surface area contributed by atoms with Gasteiger partial charge in [-0.15, -0.1) is 0 Å². The van der Waals surface area contributed by atoms with E-state index in [1.54, 1.807) is 30.2 Å². The molecule has 1 amide bonds. The zero-order valence-corrected chi connectivity index (χ0v) is 12.6. The van der Waals surface area contributed by atoms with Crippen molar-refractivity contribution in [1.29, 1.82) is 0 Å². The molecule has 1 aliphatic heterocycles. The first-order chi connectivity index (χ1) is 10.5. The van der Waals surface area contributed by atoms with E-state index in [0.29, 0.717) is 25.3 Å². The van der Waals surface area contributed by atoms with Crippen LogP contribution in [-0.2, 0) is 11.3 Å². The second kappa shape index (κ2) is 5.75. The molecular formula is C17H17FN2O2. The van der Waals surface area contributed by atoms with E-state index in [1.165, 1.54) is 6.07 Å². The van der Waals surface area contributed by atoms with Crippen LogP contribution in [0.4, 0.5) is 9.18 Å². The van der Waals surface area contributed by atoms with Gasteiger partial charge in [-0.1, -0.05) is 6.07 Å². The van der Waals surface area contributed by atoms with Gasteiger partial charge in [-0.25, -0.2) is 9.18 Å². The standard InChI is InChI=1S/C17H17FN2O2/c1-11-7-13(3-4-16(11)18)14-8-15(12(2)19-9-14)10-20-5-6-22-17(20)21/h3-4,7-9H,5-6,10H2,1-2H3. The molecule has 0 radical (unpaired) electrons. The number of hydrogen-bond acceptors (Lipinski definition) is 3. The maximum Gasteiger partial charge on any atom is 0.410 e. The van der Waals surface area contributed by atoms with Crippen LogP contribution in [0.3, 0.4) is 0 Å². The highest BCUT2D eigenvalue weighted by atomic mass is 19.1. The van der Waals surface area contributed by atoms with Gasteiger partial charge in [-0.2, -0.15) is 0 Å². The molecule has 0 N–H and O–H groups in total. The van der Waals surface area contributed by atoms with Crippen molar-refractivity contribution < 1.29 is 13.9 Å². The zero-order chi connectivity index (χ0) is 15.7. The molecule has 0 saturated carbocycles. The highest BCUT2D eigenvalue weighted by molar-refractivity contribution is 5.70. The van der Waals surface area contributed by atoms with Crippen molar-refractivity contribution in [2.45, 2.75) is 20.4 Å². The third-order valence-electron chi connectivity index (χ3n) is 3.89. The molecule has 2 aromatic rings. The van der Waals surface area contributed by atoms with Gasteiger partial charge < -0.3 is 9.64 Å². The maximum atomic E-state index is 13.4. The quantitative estimate of drug-likeness (QED) is 0.872. The molecule has 0 bridgehead atoms. The Bertz CT molecular complexity index is 731. The van der Waals surface area contributed by atoms with Crippen LogP contribution in [0.25, 0.3) is 11.1 Å². The molecule has 3 rings (SSSR count). The first-order valence-corrected chi connectivity index (χ1v) is 7.18. The number of carbonyl (C=O) groups excluding carboxylic acids is 1. The van der Waals surface area contributed by atoms with Crippen LogP contribution in [0.15, 0.2) is 30.5 Å². The van der Waals surface area contributed by atoms with Crippen LogP contribution in [0.5, 0.6) is 0 Å². The third kappa shape index (κ3) is 2.79. The Morgan fingerprint density at radius 1 is 1.27 bits per heavy atom. The van der Waals surface area contributed by atoms with Gasteiger partial charge in [0.2, 0.25) is 0 Å². The van der Waals surface area contributed by atoms with Gasteiger partial charge in [0.15, 0.2) is 0 Å². The van der Waals surface area contributed by atoms with E-state index in [9.17, 15) is 9.18 Å². The summed E-state index contributed by atoms with van der Waals surface area (Å²) in [5.41, 5.74) is 4.27. The molecule has 0 unspecified atom stereocenters. The van der Waals surface area contributed by atoms with Gasteiger partial charge in [0, 0.05) is 17.5 Å². The van der Waals surface area contributed by atoms with Crippen LogP contribution in [0.2, 0.25) is 0 Å². The fourth-order valence-electron chi connectivity index (χ4n) is 2.50. The van der Waals surface area contributed by atoms with Gasteiger partial charge in [0.05, 0.1) is 13.1 Å². The van der Waals surface area contributed by atoms with E-state index in [-0.39, 0.29) is 11.9 Å². The molecule has 1 aromatic carbocycles. The summed E-state index contributed by atoms with van der Waals surface area (Å²) >= 11 is 0. The lowest BCUT2D eigenvalue weighted by Crippen LogP contribution is -2.24. The van der Waals surface area contributed by atoms with Crippen molar-refractivity contribution in [3.8, 4) is 11.1 Å². The summed E-state index contributed by atoms with van der Waals surface area (Å²) in [5, 5.41) is 0. The number of amides is 1. The average Bonchev–Trinajstić information content (AvgIpc) is 2.90. The summed E-state index contributed by atoms with van der Waals surface area (Å²) in [7, 11) is 0. The van der Waals surface area contributed by atoms with Crippen LogP contribution < -0.4 is 0 Å². The van der Waals surface area contributed by atoms with Gasteiger partial charge in [0.25, 0.3) is 0 Å². The van der Waals surface area contributed by atoms with Crippen molar-refractivity contribution in [2.24, 2.45) is 0 Å². The number of carbonyl (C=O) groups is 1. The zero-order valence-electron chi connectivity index (χ0n) is 12.6. The van der Waals surface area contributed by atoms with E-state index >= 15 is 0 Å². The van der Waals surface area contributed by atoms with Crippen LogP contribution in [-0.4, -0.2) is 29.1 Å². The van der Waals surface area contributed by atoms with E-state index in [2.05, 4.69) is 4.98 Å². The second-order valence-corrected chi connectivity index (χ2v) is 5.47. The first kappa shape index (κ1) is 14.5. The van der Waals surface area contributed by atoms with Crippen molar-refractivity contribution in [2.75, 3.05) is 13.2 Å². The minimum Gasteiger partial charge on any atom is -0.448 e. The minimum absolute atomic E-state index is 0.219. The Morgan fingerprint density at radius 3 is 2.77 bits per heavy atom. The van der Waals surface area contributed by atoms with E-state index in [1.807, 2.05) is 13.0 Å². The smallest absolute Gasteiger partial charge is 0.410 e.